The predicted molar refractivity (Wildman–Crippen MR) is 243 cm³/mol. The van der Waals surface area contributed by atoms with Gasteiger partial charge in [0.25, 0.3) is 11.6 Å². The molecule has 2 aromatic heterocycles. The molecule has 312 valence electrons. The highest BCUT2D eigenvalue weighted by atomic mass is 35.5. The molecule has 8 rings (SSSR count). The lowest BCUT2D eigenvalue weighted by atomic mass is 9.72. The number of likely N-dealkylation sites (tertiary alicyclic amines) is 1. The fraction of sp³-hybridized carbons (Fsp3) is 0.362. The van der Waals surface area contributed by atoms with Crippen molar-refractivity contribution in [3.05, 3.63) is 129 Å². The summed E-state index contributed by atoms with van der Waals surface area (Å²) in [5.41, 5.74) is 8.21. The number of nitrogens with zero attached hydrogens (tertiary/aromatic N) is 4. The molecule has 13 heteroatoms. The van der Waals surface area contributed by atoms with E-state index in [1.807, 2.05) is 42.6 Å². The number of carbonyl (C=O) groups is 1. The molecule has 0 unspecified atom stereocenters. The third kappa shape index (κ3) is 10.1. The Bertz CT molecular complexity index is 2440. The maximum Gasteiger partial charge on any atom is 0.293 e. The zero-order valence-corrected chi connectivity index (χ0v) is 36.0. The van der Waals surface area contributed by atoms with E-state index >= 15 is 0 Å². The number of anilines is 1. The number of H-pyrrole nitrogens is 1. The van der Waals surface area contributed by atoms with E-state index in [4.69, 9.17) is 16.3 Å². The molecule has 60 heavy (non-hydrogen) atoms. The number of amides is 1. The molecule has 1 saturated heterocycles. The number of fused-ring (bicyclic) bond motifs is 1. The molecule has 11 nitrogen and oxygen atoms in total. The summed E-state index contributed by atoms with van der Waals surface area (Å²) in [5, 5.41) is 17.1. The van der Waals surface area contributed by atoms with E-state index in [1.54, 1.807) is 24.4 Å². The zero-order valence-electron chi connectivity index (χ0n) is 34.4. The van der Waals surface area contributed by atoms with Crippen molar-refractivity contribution in [2.24, 2.45) is 11.3 Å². The van der Waals surface area contributed by atoms with Gasteiger partial charge >= 0.3 is 0 Å². The Labute approximate surface area is 360 Å². The van der Waals surface area contributed by atoms with Crippen LogP contribution in [0.25, 0.3) is 22.2 Å². The fourth-order valence-corrected chi connectivity index (χ4v) is 9.26. The number of aromatic amines is 1. The van der Waals surface area contributed by atoms with E-state index in [0.29, 0.717) is 40.1 Å². The maximum atomic E-state index is 13.9. The third-order valence-electron chi connectivity index (χ3n) is 12.1. The SMILES string of the molecule is CN1CCC(CNc2ccc(SNC(=O)c3ccc(C4=CCN(CC5=C(c6ccc(Cl)cc6)CC(C)(C)CC5)CC4)cc3Oc3cnc4[nH]ccc4c3)cc2[N+](=O)[O-])CC1. The number of carbonyl (C=O) groups excluding carboxylic acids is 1. The minimum absolute atomic E-state index is 0.0241. The minimum Gasteiger partial charge on any atom is -0.455 e. The first kappa shape index (κ1) is 41.6. The monoisotopic (exact) mass is 845 g/mol. The van der Waals surface area contributed by atoms with Crippen LogP contribution in [0.1, 0.15) is 73.9 Å². The lowest BCUT2D eigenvalue weighted by molar-refractivity contribution is -0.384. The van der Waals surface area contributed by atoms with Crippen molar-refractivity contribution in [2.75, 3.05) is 51.6 Å². The summed E-state index contributed by atoms with van der Waals surface area (Å²) in [6.45, 7) is 10.1. The number of allylic oxidation sites excluding steroid dienone is 1. The van der Waals surface area contributed by atoms with E-state index < -0.39 is 0 Å². The van der Waals surface area contributed by atoms with Crippen molar-refractivity contribution in [3.63, 3.8) is 0 Å². The molecule has 3 N–H and O–H groups in total. The number of nitro benzene ring substituents is 1. The Morgan fingerprint density at radius 1 is 1.03 bits per heavy atom. The van der Waals surface area contributed by atoms with Crippen molar-refractivity contribution in [2.45, 2.75) is 57.3 Å². The van der Waals surface area contributed by atoms with Gasteiger partial charge in [0.2, 0.25) is 0 Å². The van der Waals surface area contributed by atoms with Crippen molar-refractivity contribution < 1.29 is 14.5 Å². The molecule has 1 fully saturated rings. The van der Waals surface area contributed by atoms with Gasteiger partial charge in [-0.15, -0.1) is 0 Å². The van der Waals surface area contributed by atoms with Crippen LogP contribution in [-0.2, 0) is 0 Å². The van der Waals surface area contributed by atoms with Crippen LogP contribution in [0.4, 0.5) is 11.4 Å². The Kier molecular flexibility index (Phi) is 12.6. The first-order valence-electron chi connectivity index (χ1n) is 20.8. The van der Waals surface area contributed by atoms with Gasteiger partial charge in [0.1, 0.15) is 22.8 Å². The number of halogens is 1. The van der Waals surface area contributed by atoms with E-state index in [-0.39, 0.29) is 21.9 Å². The molecule has 2 aliphatic heterocycles. The molecule has 1 amide bonds. The zero-order chi connectivity index (χ0) is 41.8. The Balaban J connectivity index is 0.984. The molecule has 3 aliphatic rings. The molecular weight excluding hydrogens is 794 g/mol. The standard InChI is InChI=1S/C47H52ClN7O4S/c1-47(2)18-12-36(41(27-47)33-4-7-37(48)8-5-33)30-54-22-16-32(17-23-54)34-6-10-40(44(25-34)59-38-24-35-13-19-49-45(35)51-29-38)46(56)52-60-39-9-11-42(43(26-39)55(57)58)50-28-31-14-20-53(3)21-15-31/h4-11,13,16,19,24-26,29,31,50H,12,14-15,17-18,20-23,27-28,30H2,1-3H3,(H,49,51)(H,52,56). The van der Waals surface area contributed by atoms with Gasteiger partial charge in [-0.1, -0.05) is 55.3 Å². The molecule has 0 spiro atoms. The van der Waals surface area contributed by atoms with E-state index in [0.717, 1.165) is 98.4 Å². The van der Waals surface area contributed by atoms with Crippen molar-refractivity contribution >= 4 is 63.0 Å². The largest absolute Gasteiger partial charge is 0.455 e. The summed E-state index contributed by atoms with van der Waals surface area (Å²) in [6, 6.07) is 22.8. The van der Waals surface area contributed by atoms with E-state index in [1.165, 1.54) is 34.8 Å². The van der Waals surface area contributed by atoms with Gasteiger partial charge in [0, 0.05) is 53.7 Å². The highest BCUT2D eigenvalue weighted by molar-refractivity contribution is 7.98. The summed E-state index contributed by atoms with van der Waals surface area (Å²) in [7, 11) is 2.12. The molecule has 1 aliphatic carbocycles. The smallest absolute Gasteiger partial charge is 0.293 e. The third-order valence-corrected chi connectivity index (χ3v) is 13.2. The number of nitro groups is 1. The van der Waals surface area contributed by atoms with Crippen LogP contribution in [0.15, 0.2) is 102 Å². The molecular formula is C47H52ClN7O4S. The van der Waals surface area contributed by atoms with Crippen LogP contribution in [-0.4, -0.2) is 76.9 Å². The van der Waals surface area contributed by atoms with Crippen LogP contribution in [0.5, 0.6) is 11.5 Å². The molecule has 0 saturated carbocycles. The number of benzene rings is 3. The fourth-order valence-electron chi connectivity index (χ4n) is 8.50. The van der Waals surface area contributed by atoms with Crippen molar-refractivity contribution in [1.82, 2.24) is 24.5 Å². The topological polar surface area (TPSA) is 129 Å². The minimum atomic E-state index is -0.381. The lowest BCUT2D eigenvalue weighted by Crippen LogP contribution is -2.33. The van der Waals surface area contributed by atoms with Gasteiger partial charge in [-0.3, -0.25) is 24.5 Å². The number of piperidine rings is 1. The van der Waals surface area contributed by atoms with Crippen LogP contribution >= 0.6 is 23.5 Å². The number of hydrogen-bond donors (Lipinski definition) is 3. The second-order valence-corrected chi connectivity index (χ2v) is 18.5. The predicted octanol–water partition coefficient (Wildman–Crippen LogP) is 10.9. The van der Waals surface area contributed by atoms with E-state index in [2.05, 4.69) is 68.9 Å². The van der Waals surface area contributed by atoms with Crippen LogP contribution in [0, 0.1) is 21.4 Å². The van der Waals surface area contributed by atoms with Crippen molar-refractivity contribution in [3.8, 4) is 11.5 Å². The van der Waals surface area contributed by atoms with Crippen LogP contribution < -0.4 is 14.8 Å². The second-order valence-electron chi connectivity index (χ2n) is 17.1. The quantitative estimate of drug-likeness (QED) is 0.0603. The summed E-state index contributed by atoms with van der Waals surface area (Å²) in [4.78, 5) is 38.6. The molecule has 0 bridgehead atoms. The summed E-state index contributed by atoms with van der Waals surface area (Å²) in [6.07, 6.45) is 12.0. The van der Waals surface area contributed by atoms with Gasteiger partial charge in [-0.2, -0.15) is 0 Å². The molecule has 0 atom stereocenters. The number of nitrogens with one attached hydrogen (secondary N) is 3. The molecule has 5 aromatic rings. The summed E-state index contributed by atoms with van der Waals surface area (Å²) < 4.78 is 9.35. The first-order chi connectivity index (χ1) is 29.0. The lowest BCUT2D eigenvalue weighted by Gasteiger charge is -2.36. The number of ether oxygens (including phenoxy) is 1. The number of rotatable bonds is 13. The van der Waals surface area contributed by atoms with Crippen molar-refractivity contribution in [1.29, 1.82) is 0 Å². The maximum absolute atomic E-state index is 13.9. The number of pyridine rings is 1. The number of aromatic nitrogens is 2. The van der Waals surface area contributed by atoms with Gasteiger partial charge in [-0.25, -0.2) is 4.98 Å². The Hall–Kier alpha value is -5.14. The Morgan fingerprint density at radius 2 is 1.83 bits per heavy atom. The average Bonchev–Trinajstić information content (AvgIpc) is 3.72. The summed E-state index contributed by atoms with van der Waals surface area (Å²) in [5.74, 6) is 0.985. The van der Waals surface area contributed by atoms with Crippen LogP contribution in [0.3, 0.4) is 0 Å². The highest BCUT2D eigenvalue weighted by Gasteiger charge is 2.29. The Morgan fingerprint density at radius 3 is 2.60 bits per heavy atom. The molecule has 3 aromatic carbocycles. The number of hydrogen-bond acceptors (Lipinski definition) is 9. The van der Waals surface area contributed by atoms with Gasteiger partial charge in [0.15, 0.2) is 0 Å². The average molecular weight is 846 g/mol. The van der Waals surface area contributed by atoms with E-state index in [9.17, 15) is 14.9 Å². The first-order valence-corrected chi connectivity index (χ1v) is 22.0. The van der Waals surface area contributed by atoms with Crippen LogP contribution in [0.2, 0.25) is 5.02 Å². The highest BCUT2D eigenvalue weighted by Crippen LogP contribution is 2.44. The molecule has 0 radical (unpaired) electrons. The van der Waals surface area contributed by atoms with Gasteiger partial charge in [0.05, 0.1) is 16.7 Å². The second kappa shape index (κ2) is 18.2. The normalized spacial score (nSPS) is 17.7. The molecule has 4 heterocycles. The summed E-state index contributed by atoms with van der Waals surface area (Å²) >= 11 is 7.29. The van der Waals surface area contributed by atoms with Gasteiger partial charge < -0.3 is 19.9 Å². The van der Waals surface area contributed by atoms with Gasteiger partial charge in [-0.05, 0) is 153 Å².